The van der Waals surface area contributed by atoms with Crippen molar-refractivity contribution in [1.29, 1.82) is 0 Å². The number of nitrogens with one attached hydrogen (secondary N) is 1. The summed E-state index contributed by atoms with van der Waals surface area (Å²) in [6, 6.07) is 13.0. The number of rotatable bonds is 8. The van der Waals surface area contributed by atoms with E-state index in [1.165, 1.54) is 16.8 Å². The SMILES string of the molecule is CCCn1nc(C(=O)NCCCN(C)c2ccccc2)ccc1=O. The lowest BCUT2D eigenvalue weighted by Gasteiger charge is -2.19. The van der Waals surface area contributed by atoms with Crippen LogP contribution in [0.5, 0.6) is 0 Å². The van der Waals surface area contributed by atoms with Crippen molar-refractivity contribution in [2.45, 2.75) is 26.3 Å². The van der Waals surface area contributed by atoms with Gasteiger partial charge < -0.3 is 10.2 Å². The summed E-state index contributed by atoms with van der Waals surface area (Å²) in [5, 5.41) is 6.96. The van der Waals surface area contributed by atoms with E-state index in [-0.39, 0.29) is 17.2 Å². The molecule has 128 valence electrons. The third-order valence-electron chi connectivity index (χ3n) is 3.69. The van der Waals surface area contributed by atoms with Crippen LogP contribution in [0.3, 0.4) is 0 Å². The lowest BCUT2D eigenvalue weighted by atomic mass is 10.3. The molecule has 2 aromatic rings. The summed E-state index contributed by atoms with van der Waals surface area (Å²) in [6.07, 6.45) is 1.62. The maximum atomic E-state index is 12.1. The van der Waals surface area contributed by atoms with Crippen molar-refractivity contribution in [3.8, 4) is 0 Å². The molecule has 0 aliphatic carbocycles. The molecule has 0 saturated heterocycles. The molecule has 1 aromatic heterocycles. The number of carbonyl (C=O) groups is 1. The van der Waals surface area contributed by atoms with Gasteiger partial charge in [-0.3, -0.25) is 9.59 Å². The Bertz CT molecular complexity index is 712. The molecule has 2 rings (SSSR count). The molecule has 6 nitrogen and oxygen atoms in total. The Labute approximate surface area is 142 Å². The second-order valence-electron chi connectivity index (χ2n) is 5.65. The van der Waals surface area contributed by atoms with Crippen LogP contribution in [0.1, 0.15) is 30.3 Å². The van der Waals surface area contributed by atoms with Gasteiger partial charge in [0.1, 0.15) is 5.69 Å². The van der Waals surface area contributed by atoms with Crippen molar-refractivity contribution in [2.24, 2.45) is 0 Å². The Balaban J connectivity index is 1.81. The second-order valence-corrected chi connectivity index (χ2v) is 5.65. The smallest absolute Gasteiger partial charge is 0.271 e. The van der Waals surface area contributed by atoms with Crippen molar-refractivity contribution in [2.75, 3.05) is 25.0 Å². The van der Waals surface area contributed by atoms with Crippen LogP contribution < -0.4 is 15.8 Å². The fourth-order valence-electron chi connectivity index (χ4n) is 2.36. The van der Waals surface area contributed by atoms with E-state index in [9.17, 15) is 9.59 Å². The van der Waals surface area contributed by atoms with Gasteiger partial charge in [-0.2, -0.15) is 5.10 Å². The van der Waals surface area contributed by atoms with Gasteiger partial charge in [-0.05, 0) is 31.0 Å². The Morgan fingerprint density at radius 3 is 2.67 bits per heavy atom. The highest BCUT2D eigenvalue weighted by molar-refractivity contribution is 5.91. The normalized spacial score (nSPS) is 10.4. The van der Waals surface area contributed by atoms with Crippen LogP contribution in [-0.2, 0) is 6.54 Å². The van der Waals surface area contributed by atoms with Crippen LogP contribution in [0.25, 0.3) is 0 Å². The van der Waals surface area contributed by atoms with E-state index in [1.54, 1.807) is 0 Å². The number of nitrogens with zero attached hydrogens (tertiary/aromatic N) is 3. The summed E-state index contributed by atoms with van der Waals surface area (Å²) in [5.41, 5.74) is 1.24. The molecule has 24 heavy (non-hydrogen) atoms. The average molecular weight is 328 g/mol. The van der Waals surface area contributed by atoms with Crippen molar-refractivity contribution >= 4 is 11.6 Å². The molecule has 0 radical (unpaired) electrons. The zero-order valence-corrected chi connectivity index (χ0v) is 14.2. The van der Waals surface area contributed by atoms with Crippen LogP contribution in [0.15, 0.2) is 47.3 Å². The molecular weight excluding hydrogens is 304 g/mol. The molecule has 0 bridgehead atoms. The summed E-state index contributed by atoms with van der Waals surface area (Å²) in [5.74, 6) is -0.248. The van der Waals surface area contributed by atoms with Gasteiger partial charge in [0.2, 0.25) is 0 Å². The summed E-state index contributed by atoms with van der Waals surface area (Å²) < 4.78 is 1.33. The fourth-order valence-corrected chi connectivity index (χ4v) is 2.36. The maximum absolute atomic E-state index is 12.1. The minimum Gasteiger partial charge on any atom is -0.375 e. The number of anilines is 1. The molecule has 0 aliphatic heterocycles. The first-order valence-corrected chi connectivity index (χ1v) is 8.24. The van der Waals surface area contributed by atoms with E-state index in [4.69, 9.17) is 0 Å². The summed E-state index contributed by atoms with van der Waals surface area (Å²) in [7, 11) is 2.03. The van der Waals surface area contributed by atoms with Gasteiger partial charge in [-0.15, -0.1) is 0 Å². The number of para-hydroxylation sites is 1. The van der Waals surface area contributed by atoms with Gasteiger partial charge in [0.25, 0.3) is 11.5 Å². The van der Waals surface area contributed by atoms with E-state index in [2.05, 4.69) is 27.4 Å². The van der Waals surface area contributed by atoms with E-state index in [0.717, 1.165) is 25.1 Å². The molecular formula is C18H24N4O2. The molecule has 0 unspecified atom stereocenters. The minimum absolute atomic E-state index is 0.183. The predicted octanol–water partition coefficient (Wildman–Crippen LogP) is 1.91. The average Bonchev–Trinajstić information content (AvgIpc) is 2.61. The molecule has 0 aliphatic rings. The van der Waals surface area contributed by atoms with Gasteiger partial charge in [0.15, 0.2) is 0 Å². The second kappa shape index (κ2) is 8.86. The molecule has 6 heteroatoms. The number of hydrogen-bond acceptors (Lipinski definition) is 4. The van der Waals surface area contributed by atoms with Crippen LogP contribution in [0, 0.1) is 0 Å². The van der Waals surface area contributed by atoms with Gasteiger partial charge in [-0.25, -0.2) is 4.68 Å². The first-order chi connectivity index (χ1) is 11.6. The molecule has 1 amide bonds. The number of benzene rings is 1. The highest BCUT2D eigenvalue weighted by atomic mass is 16.2. The number of carbonyl (C=O) groups excluding carboxylic acids is 1. The molecule has 0 atom stereocenters. The number of hydrogen-bond donors (Lipinski definition) is 1. The zero-order chi connectivity index (χ0) is 17.4. The van der Waals surface area contributed by atoms with Crippen molar-refractivity contribution in [3.05, 3.63) is 58.5 Å². The number of amides is 1. The first kappa shape index (κ1) is 17.7. The largest absolute Gasteiger partial charge is 0.375 e. The van der Waals surface area contributed by atoms with Gasteiger partial charge in [0, 0.05) is 38.4 Å². The summed E-state index contributed by atoms with van der Waals surface area (Å²) in [4.78, 5) is 25.9. The van der Waals surface area contributed by atoms with Gasteiger partial charge in [0.05, 0.1) is 0 Å². The third kappa shape index (κ3) is 4.94. The van der Waals surface area contributed by atoms with Crippen LogP contribution in [-0.4, -0.2) is 35.8 Å². The highest BCUT2D eigenvalue weighted by Gasteiger charge is 2.09. The maximum Gasteiger partial charge on any atom is 0.271 e. The van der Waals surface area contributed by atoms with Crippen molar-refractivity contribution in [1.82, 2.24) is 15.1 Å². The Hall–Kier alpha value is -2.63. The first-order valence-electron chi connectivity index (χ1n) is 8.24. The molecule has 1 aromatic carbocycles. The predicted molar refractivity (Wildman–Crippen MR) is 95.5 cm³/mol. The topological polar surface area (TPSA) is 67.2 Å². The van der Waals surface area contributed by atoms with Crippen LogP contribution in [0.4, 0.5) is 5.69 Å². The van der Waals surface area contributed by atoms with Crippen molar-refractivity contribution < 1.29 is 4.79 Å². The van der Waals surface area contributed by atoms with E-state index < -0.39 is 0 Å². The van der Waals surface area contributed by atoms with Crippen molar-refractivity contribution in [3.63, 3.8) is 0 Å². The van der Waals surface area contributed by atoms with Gasteiger partial charge in [-0.1, -0.05) is 25.1 Å². The number of aryl methyl sites for hydroxylation is 1. The molecule has 0 saturated carbocycles. The fraction of sp³-hybridized carbons (Fsp3) is 0.389. The van der Waals surface area contributed by atoms with Crippen LogP contribution >= 0.6 is 0 Å². The summed E-state index contributed by atoms with van der Waals surface area (Å²) >= 11 is 0. The molecule has 0 fully saturated rings. The summed E-state index contributed by atoms with van der Waals surface area (Å²) in [6.45, 7) is 3.88. The van der Waals surface area contributed by atoms with E-state index in [0.29, 0.717) is 13.1 Å². The number of aromatic nitrogens is 2. The van der Waals surface area contributed by atoms with E-state index >= 15 is 0 Å². The lowest BCUT2D eigenvalue weighted by Crippen LogP contribution is -2.31. The van der Waals surface area contributed by atoms with Crippen LogP contribution in [0.2, 0.25) is 0 Å². The van der Waals surface area contributed by atoms with Gasteiger partial charge >= 0.3 is 0 Å². The lowest BCUT2D eigenvalue weighted by molar-refractivity contribution is 0.0946. The molecule has 1 heterocycles. The Morgan fingerprint density at radius 1 is 1.21 bits per heavy atom. The third-order valence-corrected chi connectivity index (χ3v) is 3.69. The monoisotopic (exact) mass is 328 g/mol. The highest BCUT2D eigenvalue weighted by Crippen LogP contribution is 2.10. The minimum atomic E-state index is -0.248. The standard InChI is InChI=1S/C18H24N4O2/c1-3-13-22-17(23)11-10-16(20-22)18(24)19-12-7-14-21(2)15-8-5-4-6-9-15/h4-6,8-11H,3,7,12-14H2,1-2H3,(H,19,24). The Morgan fingerprint density at radius 2 is 1.96 bits per heavy atom. The molecule has 0 spiro atoms. The van der Waals surface area contributed by atoms with E-state index in [1.807, 2.05) is 32.2 Å². The molecule has 1 N–H and O–H groups in total. The zero-order valence-electron chi connectivity index (χ0n) is 14.2. The Kier molecular flexibility index (Phi) is 6.54. The quantitative estimate of drug-likeness (QED) is 0.752.